The Balaban J connectivity index is 1.17. The molecule has 0 spiro atoms. The van der Waals surface area contributed by atoms with E-state index in [1.807, 2.05) is 5.38 Å². The number of anilines is 1. The predicted molar refractivity (Wildman–Crippen MR) is 130 cm³/mol. The third-order valence-corrected chi connectivity index (χ3v) is 8.33. The number of nitrogens with zero attached hydrogens (tertiary/aromatic N) is 3. The van der Waals surface area contributed by atoms with Gasteiger partial charge in [0.1, 0.15) is 10.7 Å². The summed E-state index contributed by atoms with van der Waals surface area (Å²) in [5.74, 6) is 1.89. The van der Waals surface area contributed by atoms with E-state index >= 15 is 0 Å². The molecule has 1 aliphatic heterocycles. The highest BCUT2D eigenvalue weighted by Crippen LogP contribution is 2.34. The number of aryl methyl sites for hydroxylation is 3. The van der Waals surface area contributed by atoms with E-state index in [0.29, 0.717) is 29.2 Å². The highest BCUT2D eigenvalue weighted by molar-refractivity contribution is 7.18. The number of hydrogen-bond donors (Lipinski definition) is 2. The minimum absolute atomic E-state index is 0.0734. The first-order valence-corrected chi connectivity index (χ1v) is 13.1. The fourth-order valence-electron chi connectivity index (χ4n) is 5.17. The minimum Gasteiger partial charge on any atom is -0.310 e. The van der Waals surface area contributed by atoms with Gasteiger partial charge in [0.15, 0.2) is 5.13 Å². The fourth-order valence-corrected chi connectivity index (χ4v) is 7.16. The van der Waals surface area contributed by atoms with Crippen LogP contribution in [-0.2, 0) is 30.6 Å². The van der Waals surface area contributed by atoms with Crippen molar-refractivity contribution >= 4 is 43.9 Å². The Morgan fingerprint density at radius 1 is 1.25 bits per heavy atom. The molecule has 2 atom stereocenters. The topological polar surface area (TPSA) is 91.0 Å². The first kappa shape index (κ1) is 21.7. The van der Waals surface area contributed by atoms with Crippen molar-refractivity contribution in [3.05, 3.63) is 37.7 Å². The van der Waals surface area contributed by atoms with E-state index in [-0.39, 0.29) is 17.9 Å². The molecule has 9 heteroatoms. The van der Waals surface area contributed by atoms with Crippen LogP contribution >= 0.6 is 22.7 Å². The van der Waals surface area contributed by atoms with Crippen molar-refractivity contribution in [1.82, 2.24) is 19.9 Å². The molecule has 1 amide bonds. The molecule has 7 nitrogen and oxygen atoms in total. The third-order valence-electron chi connectivity index (χ3n) is 6.34. The number of thiazole rings is 1. The summed E-state index contributed by atoms with van der Waals surface area (Å²) in [6.45, 7) is 7.65. The Kier molecular flexibility index (Phi) is 6.14. The average Bonchev–Trinajstić information content (AvgIpc) is 3.42. The van der Waals surface area contributed by atoms with Gasteiger partial charge < -0.3 is 10.3 Å². The standard InChI is InChI=1S/C23H29N5O2S2/c1-13-8-14(2)10-28(9-13)11-15-12-31-23(24-15)27-19(29)7-6-18-25-21(30)20-16-4-3-5-17(16)32-22(20)26-18/h12-14H,3-11H2,1-2H3,(H,24,27,29)(H,25,26,30). The van der Waals surface area contributed by atoms with Gasteiger partial charge in [0.2, 0.25) is 5.91 Å². The summed E-state index contributed by atoms with van der Waals surface area (Å²) in [7, 11) is 0. The van der Waals surface area contributed by atoms with E-state index in [2.05, 4.69) is 39.0 Å². The van der Waals surface area contributed by atoms with Gasteiger partial charge >= 0.3 is 0 Å². The number of likely N-dealkylation sites (tertiary alicyclic amines) is 1. The smallest absolute Gasteiger partial charge is 0.259 e. The summed E-state index contributed by atoms with van der Waals surface area (Å²) >= 11 is 3.09. The van der Waals surface area contributed by atoms with E-state index in [4.69, 9.17) is 0 Å². The lowest BCUT2D eigenvalue weighted by Gasteiger charge is -2.34. The van der Waals surface area contributed by atoms with Crippen molar-refractivity contribution in [1.29, 1.82) is 0 Å². The zero-order valence-corrected chi connectivity index (χ0v) is 20.2. The molecular weight excluding hydrogens is 442 g/mol. The summed E-state index contributed by atoms with van der Waals surface area (Å²) in [6.07, 6.45) is 5.08. The van der Waals surface area contributed by atoms with Crippen molar-refractivity contribution in [2.45, 2.75) is 58.9 Å². The Labute approximate surface area is 195 Å². The number of rotatable bonds is 6. The molecule has 1 fully saturated rings. The van der Waals surface area contributed by atoms with Gasteiger partial charge in [-0.05, 0) is 43.1 Å². The SMILES string of the molecule is CC1CC(C)CN(Cc2csc(NC(=O)CCc3nc4sc5c(c4c(=O)[nH]3)CCC5)n2)C1. The monoisotopic (exact) mass is 471 g/mol. The van der Waals surface area contributed by atoms with E-state index < -0.39 is 0 Å². The lowest BCUT2D eigenvalue weighted by molar-refractivity contribution is -0.116. The summed E-state index contributed by atoms with van der Waals surface area (Å²) in [5.41, 5.74) is 2.11. The number of nitrogens with one attached hydrogen (secondary N) is 2. The molecule has 0 bridgehead atoms. The maximum atomic E-state index is 12.6. The van der Waals surface area contributed by atoms with Gasteiger partial charge in [0.05, 0.1) is 11.1 Å². The van der Waals surface area contributed by atoms with Crippen molar-refractivity contribution < 1.29 is 4.79 Å². The summed E-state index contributed by atoms with van der Waals surface area (Å²) < 4.78 is 0. The summed E-state index contributed by atoms with van der Waals surface area (Å²) in [4.78, 5) is 41.7. The quantitative estimate of drug-likeness (QED) is 0.567. The second-order valence-electron chi connectivity index (χ2n) is 9.38. The molecule has 170 valence electrons. The Bertz CT molecular complexity index is 1190. The lowest BCUT2D eigenvalue weighted by atomic mass is 9.92. The Morgan fingerprint density at radius 3 is 2.88 bits per heavy atom. The van der Waals surface area contributed by atoms with Crippen LogP contribution in [0.2, 0.25) is 0 Å². The zero-order valence-electron chi connectivity index (χ0n) is 18.6. The molecule has 3 aromatic rings. The van der Waals surface area contributed by atoms with Crippen LogP contribution in [0.25, 0.3) is 10.2 Å². The molecule has 2 N–H and O–H groups in total. The maximum absolute atomic E-state index is 12.6. The number of carbonyl (C=O) groups excluding carboxylic acids is 1. The van der Waals surface area contributed by atoms with Gasteiger partial charge in [-0.15, -0.1) is 22.7 Å². The molecule has 32 heavy (non-hydrogen) atoms. The van der Waals surface area contributed by atoms with Crippen molar-refractivity contribution in [2.24, 2.45) is 11.8 Å². The van der Waals surface area contributed by atoms with Crippen LogP contribution < -0.4 is 10.9 Å². The largest absolute Gasteiger partial charge is 0.310 e. The molecule has 5 rings (SSSR count). The molecule has 3 aromatic heterocycles. The molecule has 0 radical (unpaired) electrons. The number of aromatic amines is 1. The molecule has 2 unspecified atom stereocenters. The first-order chi connectivity index (χ1) is 15.4. The number of fused-ring (bicyclic) bond motifs is 3. The number of amides is 1. The van der Waals surface area contributed by atoms with Crippen molar-refractivity contribution in [3.8, 4) is 0 Å². The van der Waals surface area contributed by atoms with Crippen LogP contribution in [-0.4, -0.2) is 38.8 Å². The minimum atomic E-state index is -0.109. The van der Waals surface area contributed by atoms with Crippen LogP contribution in [0.5, 0.6) is 0 Å². The van der Waals surface area contributed by atoms with Crippen LogP contribution in [0.15, 0.2) is 10.2 Å². The Hall–Kier alpha value is -2.10. The number of thiophene rings is 1. The van der Waals surface area contributed by atoms with Crippen molar-refractivity contribution in [2.75, 3.05) is 18.4 Å². The number of H-pyrrole nitrogens is 1. The number of piperidine rings is 1. The molecule has 2 aliphatic rings. The molecule has 1 aliphatic carbocycles. The zero-order chi connectivity index (χ0) is 22.2. The van der Waals surface area contributed by atoms with E-state index in [1.165, 1.54) is 28.2 Å². The van der Waals surface area contributed by atoms with Crippen LogP contribution in [0.3, 0.4) is 0 Å². The summed E-state index contributed by atoms with van der Waals surface area (Å²) in [6, 6.07) is 0. The van der Waals surface area contributed by atoms with Gasteiger partial charge in [-0.2, -0.15) is 0 Å². The second-order valence-corrected chi connectivity index (χ2v) is 11.3. The molecular formula is C23H29N5O2S2. The molecule has 1 saturated heterocycles. The number of aromatic nitrogens is 3. The third kappa shape index (κ3) is 4.65. The summed E-state index contributed by atoms with van der Waals surface area (Å²) in [5, 5.41) is 6.32. The second kappa shape index (κ2) is 9.03. The number of carbonyl (C=O) groups is 1. The Morgan fingerprint density at radius 2 is 2.06 bits per heavy atom. The van der Waals surface area contributed by atoms with Gasteiger partial charge in [-0.25, -0.2) is 9.97 Å². The average molecular weight is 472 g/mol. The van der Waals surface area contributed by atoms with Gasteiger partial charge in [-0.3, -0.25) is 14.5 Å². The van der Waals surface area contributed by atoms with Crippen molar-refractivity contribution in [3.63, 3.8) is 0 Å². The van der Waals surface area contributed by atoms with Gasteiger partial charge in [0, 0.05) is 42.7 Å². The van der Waals surface area contributed by atoms with E-state index in [9.17, 15) is 9.59 Å². The molecule has 4 heterocycles. The van der Waals surface area contributed by atoms with Gasteiger partial charge in [0.25, 0.3) is 5.56 Å². The highest BCUT2D eigenvalue weighted by Gasteiger charge is 2.23. The van der Waals surface area contributed by atoms with Crippen LogP contribution in [0.1, 0.15) is 55.1 Å². The van der Waals surface area contributed by atoms with Gasteiger partial charge in [-0.1, -0.05) is 13.8 Å². The maximum Gasteiger partial charge on any atom is 0.259 e. The first-order valence-electron chi connectivity index (χ1n) is 11.4. The normalized spacial score (nSPS) is 21.2. The highest BCUT2D eigenvalue weighted by atomic mass is 32.1. The van der Waals surface area contributed by atoms with E-state index in [1.54, 1.807) is 11.3 Å². The number of hydrogen-bond acceptors (Lipinski definition) is 7. The van der Waals surface area contributed by atoms with Crippen LogP contribution in [0.4, 0.5) is 5.13 Å². The lowest BCUT2D eigenvalue weighted by Crippen LogP contribution is -2.38. The molecule has 0 saturated carbocycles. The fraction of sp³-hybridized carbons (Fsp3) is 0.565. The van der Waals surface area contributed by atoms with Crippen LogP contribution in [0, 0.1) is 11.8 Å². The van der Waals surface area contributed by atoms with E-state index in [0.717, 1.165) is 54.8 Å². The predicted octanol–water partition coefficient (Wildman–Crippen LogP) is 3.98. The molecule has 0 aromatic carbocycles.